The number of carbonyl (C=O) groups excluding carboxylic acids is 1. The molecule has 4 heteroatoms. The maximum atomic E-state index is 12.9. The highest BCUT2D eigenvalue weighted by molar-refractivity contribution is 5.73. The van der Waals surface area contributed by atoms with E-state index in [1.165, 1.54) is 7.11 Å². The smallest absolute Gasteiger partial charge is 0.312 e. The van der Waals surface area contributed by atoms with Crippen molar-refractivity contribution in [2.45, 2.75) is 12.6 Å². The van der Waals surface area contributed by atoms with Crippen molar-refractivity contribution in [1.29, 1.82) is 0 Å². The quantitative estimate of drug-likeness (QED) is 0.554. The molecule has 0 radical (unpaired) electrons. The van der Waals surface area contributed by atoms with Crippen molar-refractivity contribution in [3.63, 3.8) is 0 Å². The van der Waals surface area contributed by atoms with Crippen LogP contribution in [0.3, 0.4) is 0 Å². The molecular weight excluding hydrogens is 149 g/mol. The number of nitrogens with one attached hydrogen (secondary N) is 1. The van der Waals surface area contributed by atoms with Crippen molar-refractivity contribution in [3.05, 3.63) is 0 Å². The SMILES string of the molecule is COC(=O)[C@@H]1CNCC[C@H]1F. The molecule has 0 unspecified atom stereocenters. The third-order valence-corrected chi connectivity index (χ3v) is 1.90. The van der Waals surface area contributed by atoms with Gasteiger partial charge >= 0.3 is 5.97 Å². The molecule has 0 aliphatic carbocycles. The number of alkyl halides is 1. The van der Waals surface area contributed by atoms with Gasteiger partial charge in [-0.2, -0.15) is 0 Å². The van der Waals surface area contributed by atoms with E-state index in [1.807, 2.05) is 0 Å². The van der Waals surface area contributed by atoms with E-state index in [1.54, 1.807) is 0 Å². The molecule has 0 aromatic rings. The van der Waals surface area contributed by atoms with Crippen molar-refractivity contribution in [2.24, 2.45) is 5.92 Å². The fraction of sp³-hybridized carbons (Fsp3) is 0.857. The van der Waals surface area contributed by atoms with Gasteiger partial charge in [0.25, 0.3) is 0 Å². The third kappa shape index (κ3) is 1.89. The lowest BCUT2D eigenvalue weighted by atomic mass is 9.98. The first-order chi connectivity index (χ1) is 5.25. The molecule has 0 spiro atoms. The zero-order valence-corrected chi connectivity index (χ0v) is 6.47. The lowest BCUT2D eigenvalue weighted by Gasteiger charge is -2.24. The fourth-order valence-corrected chi connectivity index (χ4v) is 1.21. The average molecular weight is 161 g/mol. The predicted molar refractivity (Wildman–Crippen MR) is 37.9 cm³/mol. The van der Waals surface area contributed by atoms with Gasteiger partial charge in [-0.05, 0) is 13.0 Å². The summed E-state index contributed by atoms with van der Waals surface area (Å²) in [6, 6.07) is 0. The van der Waals surface area contributed by atoms with Crippen LogP contribution < -0.4 is 5.32 Å². The van der Waals surface area contributed by atoms with Crippen molar-refractivity contribution in [2.75, 3.05) is 20.2 Å². The average Bonchev–Trinajstić information content (AvgIpc) is 2.04. The Kier molecular flexibility index (Phi) is 2.82. The maximum Gasteiger partial charge on any atom is 0.312 e. The summed E-state index contributed by atoms with van der Waals surface area (Å²) in [4.78, 5) is 10.9. The number of esters is 1. The number of hydrogen-bond donors (Lipinski definition) is 1. The number of carbonyl (C=O) groups is 1. The van der Waals surface area contributed by atoms with Crippen molar-refractivity contribution >= 4 is 5.97 Å². The normalized spacial score (nSPS) is 31.5. The number of rotatable bonds is 1. The van der Waals surface area contributed by atoms with Crippen LogP contribution in [-0.4, -0.2) is 32.3 Å². The molecule has 0 aromatic heterocycles. The topological polar surface area (TPSA) is 38.3 Å². The minimum absolute atomic E-state index is 0.397. The van der Waals surface area contributed by atoms with Crippen LogP contribution in [0.1, 0.15) is 6.42 Å². The highest BCUT2D eigenvalue weighted by Gasteiger charge is 2.31. The Morgan fingerprint density at radius 3 is 3.00 bits per heavy atom. The van der Waals surface area contributed by atoms with Crippen molar-refractivity contribution in [1.82, 2.24) is 5.32 Å². The number of piperidine rings is 1. The van der Waals surface area contributed by atoms with Gasteiger partial charge in [-0.1, -0.05) is 0 Å². The first-order valence-electron chi connectivity index (χ1n) is 3.68. The van der Waals surface area contributed by atoms with Gasteiger partial charge in [-0.3, -0.25) is 4.79 Å². The molecule has 1 heterocycles. The summed E-state index contributed by atoms with van der Waals surface area (Å²) in [5, 5.41) is 2.94. The highest BCUT2D eigenvalue weighted by atomic mass is 19.1. The van der Waals surface area contributed by atoms with Crippen LogP contribution in [-0.2, 0) is 9.53 Å². The summed E-state index contributed by atoms with van der Waals surface area (Å²) in [7, 11) is 1.28. The number of ether oxygens (including phenoxy) is 1. The van der Waals surface area contributed by atoms with Crippen LogP contribution in [0, 0.1) is 5.92 Å². The molecule has 0 aromatic carbocycles. The Balaban J connectivity index is 2.47. The molecule has 2 atom stereocenters. The van der Waals surface area contributed by atoms with E-state index in [2.05, 4.69) is 10.1 Å². The molecule has 1 aliphatic rings. The summed E-state index contributed by atoms with van der Waals surface area (Å²) in [6.45, 7) is 1.04. The number of hydrogen-bond acceptors (Lipinski definition) is 3. The first kappa shape index (κ1) is 8.46. The Morgan fingerprint density at radius 1 is 1.73 bits per heavy atom. The second-order valence-electron chi connectivity index (χ2n) is 2.64. The molecule has 11 heavy (non-hydrogen) atoms. The Labute approximate surface area is 64.9 Å². The molecule has 1 rings (SSSR count). The molecule has 3 nitrogen and oxygen atoms in total. The van der Waals surface area contributed by atoms with Gasteiger partial charge in [0.1, 0.15) is 12.1 Å². The summed E-state index contributed by atoms with van der Waals surface area (Å²) in [6.07, 6.45) is -0.636. The van der Waals surface area contributed by atoms with Crippen molar-refractivity contribution < 1.29 is 13.9 Å². The molecule has 0 amide bonds. The van der Waals surface area contributed by atoms with E-state index in [0.717, 1.165) is 0 Å². The largest absolute Gasteiger partial charge is 0.469 e. The second-order valence-corrected chi connectivity index (χ2v) is 2.64. The van der Waals surface area contributed by atoms with Crippen LogP contribution in [0.5, 0.6) is 0 Å². The second kappa shape index (κ2) is 3.67. The van der Waals surface area contributed by atoms with E-state index < -0.39 is 18.1 Å². The summed E-state index contributed by atoms with van der Waals surface area (Å²) >= 11 is 0. The van der Waals surface area contributed by atoms with Crippen LogP contribution >= 0.6 is 0 Å². The summed E-state index contributed by atoms with van der Waals surface area (Å²) in [5.41, 5.74) is 0. The molecule has 0 bridgehead atoms. The number of methoxy groups -OCH3 is 1. The van der Waals surface area contributed by atoms with E-state index in [4.69, 9.17) is 0 Å². The van der Waals surface area contributed by atoms with E-state index in [9.17, 15) is 9.18 Å². The van der Waals surface area contributed by atoms with E-state index in [-0.39, 0.29) is 0 Å². The van der Waals surface area contributed by atoms with Crippen LogP contribution in [0.15, 0.2) is 0 Å². The van der Waals surface area contributed by atoms with Crippen molar-refractivity contribution in [3.8, 4) is 0 Å². The Morgan fingerprint density at radius 2 is 2.45 bits per heavy atom. The van der Waals surface area contributed by atoms with Crippen LogP contribution in [0.2, 0.25) is 0 Å². The molecule has 1 fully saturated rings. The molecule has 1 aliphatic heterocycles. The standard InChI is InChI=1S/C7H12FNO2/c1-11-7(10)5-4-9-3-2-6(5)8/h5-6,9H,2-4H2,1H3/t5-,6-/m1/s1. The lowest BCUT2D eigenvalue weighted by Crippen LogP contribution is -2.42. The summed E-state index contributed by atoms with van der Waals surface area (Å²) < 4.78 is 17.4. The number of halogens is 1. The third-order valence-electron chi connectivity index (χ3n) is 1.90. The molecule has 0 saturated carbocycles. The van der Waals surface area contributed by atoms with Crippen LogP contribution in [0.4, 0.5) is 4.39 Å². The maximum absolute atomic E-state index is 12.9. The van der Waals surface area contributed by atoms with Gasteiger partial charge in [-0.15, -0.1) is 0 Å². The zero-order valence-electron chi connectivity index (χ0n) is 6.47. The lowest BCUT2D eigenvalue weighted by molar-refractivity contribution is -0.148. The monoisotopic (exact) mass is 161 g/mol. The van der Waals surface area contributed by atoms with Gasteiger partial charge in [0.15, 0.2) is 0 Å². The van der Waals surface area contributed by atoms with Gasteiger partial charge < -0.3 is 10.1 Å². The van der Waals surface area contributed by atoms with Crippen LogP contribution in [0.25, 0.3) is 0 Å². The van der Waals surface area contributed by atoms with Gasteiger partial charge in [0.2, 0.25) is 0 Å². The fourth-order valence-electron chi connectivity index (χ4n) is 1.21. The molecular formula is C7H12FNO2. The predicted octanol–water partition coefficient (Wildman–Crippen LogP) is 0.107. The van der Waals surface area contributed by atoms with Gasteiger partial charge in [0, 0.05) is 6.54 Å². The Bertz CT molecular complexity index is 151. The highest BCUT2D eigenvalue weighted by Crippen LogP contribution is 2.15. The van der Waals surface area contributed by atoms with Gasteiger partial charge in [-0.25, -0.2) is 4.39 Å². The zero-order chi connectivity index (χ0) is 8.27. The molecule has 1 N–H and O–H groups in total. The molecule has 1 saturated heterocycles. The Hall–Kier alpha value is -0.640. The minimum Gasteiger partial charge on any atom is -0.469 e. The summed E-state index contributed by atoms with van der Waals surface area (Å²) in [5.74, 6) is -1.06. The van der Waals surface area contributed by atoms with E-state index >= 15 is 0 Å². The minimum atomic E-state index is -1.04. The van der Waals surface area contributed by atoms with E-state index in [0.29, 0.717) is 19.5 Å². The first-order valence-corrected chi connectivity index (χ1v) is 3.68. The molecule has 64 valence electrons. The van der Waals surface area contributed by atoms with Gasteiger partial charge in [0.05, 0.1) is 7.11 Å².